The molecule has 1 aliphatic heterocycles. The minimum absolute atomic E-state index is 0.149. The molecule has 0 unspecified atom stereocenters. The Morgan fingerprint density at radius 2 is 2.30 bits per heavy atom. The summed E-state index contributed by atoms with van der Waals surface area (Å²) in [5.74, 6) is -0.149. The smallest absolute Gasteiger partial charge is 0.256 e. The van der Waals surface area contributed by atoms with E-state index in [4.69, 9.17) is 5.26 Å². The second-order valence-corrected chi connectivity index (χ2v) is 5.51. The van der Waals surface area contributed by atoms with Crippen molar-refractivity contribution in [2.45, 2.75) is 12.8 Å². The first-order valence-electron chi connectivity index (χ1n) is 6.44. The molecular weight excluding hydrogens is 270 g/mol. The molecular formula is C15H13N3OS. The molecule has 0 fully saturated rings. The largest absolute Gasteiger partial charge is 0.385 e. The summed E-state index contributed by atoms with van der Waals surface area (Å²) in [7, 11) is 0. The summed E-state index contributed by atoms with van der Waals surface area (Å²) in [5, 5.41) is 17.5. The van der Waals surface area contributed by atoms with Crippen LogP contribution >= 0.6 is 11.3 Å². The fourth-order valence-electron chi connectivity index (χ4n) is 2.39. The average Bonchev–Trinajstić information content (AvgIpc) is 2.93. The first-order chi connectivity index (χ1) is 9.79. The molecule has 20 heavy (non-hydrogen) atoms. The lowest BCUT2D eigenvalue weighted by Gasteiger charge is -2.20. The zero-order valence-electron chi connectivity index (χ0n) is 10.8. The van der Waals surface area contributed by atoms with Gasteiger partial charge in [-0.05, 0) is 42.0 Å². The van der Waals surface area contributed by atoms with Gasteiger partial charge in [0.15, 0.2) is 0 Å². The molecule has 1 aromatic carbocycles. The van der Waals surface area contributed by atoms with Gasteiger partial charge in [0.05, 0.1) is 5.56 Å². The number of nitrogens with one attached hydrogen (secondary N) is 2. The molecule has 0 aliphatic carbocycles. The van der Waals surface area contributed by atoms with Crippen LogP contribution in [-0.4, -0.2) is 12.5 Å². The van der Waals surface area contributed by atoms with E-state index in [2.05, 4.69) is 16.7 Å². The number of anilines is 2. The van der Waals surface area contributed by atoms with E-state index in [9.17, 15) is 4.79 Å². The maximum absolute atomic E-state index is 12.4. The van der Waals surface area contributed by atoms with Gasteiger partial charge in [-0.3, -0.25) is 4.79 Å². The standard InChI is InChI=1S/C15H13N3OS/c16-9-10-6-8-20-15(10)18-14(19)12-3-1-5-13-11(12)4-2-7-17-13/h1,3,5-6,8,17H,2,4,7H2,(H,18,19). The van der Waals surface area contributed by atoms with Gasteiger partial charge in [-0.25, -0.2) is 0 Å². The van der Waals surface area contributed by atoms with Crippen molar-refractivity contribution in [3.8, 4) is 6.07 Å². The van der Waals surface area contributed by atoms with Crippen LogP contribution in [0.2, 0.25) is 0 Å². The van der Waals surface area contributed by atoms with Gasteiger partial charge < -0.3 is 10.6 Å². The number of amides is 1. The normalized spacial score (nSPS) is 12.9. The Bertz CT molecular complexity index is 699. The maximum atomic E-state index is 12.4. The van der Waals surface area contributed by atoms with E-state index in [1.807, 2.05) is 18.2 Å². The summed E-state index contributed by atoms with van der Waals surface area (Å²) in [5.41, 5.74) is 3.29. The molecule has 0 bridgehead atoms. The molecule has 5 heteroatoms. The van der Waals surface area contributed by atoms with Crippen LogP contribution in [0.4, 0.5) is 10.7 Å². The van der Waals surface area contributed by atoms with Gasteiger partial charge in [0.25, 0.3) is 5.91 Å². The first kappa shape index (κ1) is 12.7. The van der Waals surface area contributed by atoms with Crippen molar-refractivity contribution in [1.29, 1.82) is 5.26 Å². The van der Waals surface area contributed by atoms with E-state index in [0.29, 0.717) is 16.1 Å². The van der Waals surface area contributed by atoms with Crippen LogP contribution in [0.15, 0.2) is 29.6 Å². The highest BCUT2D eigenvalue weighted by molar-refractivity contribution is 7.14. The van der Waals surface area contributed by atoms with Crippen LogP contribution in [0.3, 0.4) is 0 Å². The third kappa shape index (κ3) is 2.26. The second kappa shape index (κ2) is 5.35. The quantitative estimate of drug-likeness (QED) is 0.889. The fraction of sp³-hybridized carbons (Fsp3) is 0.200. The van der Waals surface area contributed by atoms with Crippen LogP contribution in [0.1, 0.15) is 27.9 Å². The number of carbonyl (C=O) groups excluding carboxylic acids is 1. The molecule has 1 aliphatic rings. The Kier molecular flexibility index (Phi) is 3.40. The molecule has 2 heterocycles. The van der Waals surface area contributed by atoms with Crippen LogP contribution in [-0.2, 0) is 6.42 Å². The number of carbonyl (C=O) groups is 1. The molecule has 0 spiro atoms. The number of rotatable bonds is 2. The molecule has 2 aromatic rings. The molecule has 2 N–H and O–H groups in total. The predicted molar refractivity (Wildman–Crippen MR) is 80.2 cm³/mol. The van der Waals surface area contributed by atoms with Crippen molar-refractivity contribution >= 4 is 27.9 Å². The van der Waals surface area contributed by atoms with Gasteiger partial charge in [-0.1, -0.05) is 6.07 Å². The van der Waals surface area contributed by atoms with Crippen LogP contribution in [0.25, 0.3) is 0 Å². The average molecular weight is 283 g/mol. The summed E-state index contributed by atoms with van der Waals surface area (Å²) >= 11 is 1.36. The number of hydrogen-bond donors (Lipinski definition) is 2. The number of nitrogens with zero attached hydrogens (tertiary/aromatic N) is 1. The molecule has 1 aromatic heterocycles. The van der Waals surface area contributed by atoms with Gasteiger partial charge in [0, 0.05) is 17.8 Å². The fourth-order valence-corrected chi connectivity index (χ4v) is 3.12. The molecule has 100 valence electrons. The van der Waals surface area contributed by atoms with E-state index >= 15 is 0 Å². The summed E-state index contributed by atoms with van der Waals surface area (Å²) in [6, 6.07) is 9.50. The SMILES string of the molecule is N#Cc1ccsc1NC(=O)c1cccc2c1CCCN2. The first-order valence-corrected chi connectivity index (χ1v) is 7.32. The third-order valence-corrected chi connectivity index (χ3v) is 4.18. The molecule has 4 nitrogen and oxygen atoms in total. The minimum atomic E-state index is -0.149. The second-order valence-electron chi connectivity index (χ2n) is 4.59. The number of thiophene rings is 1. The van der Waals surface area contributed by atoms with Crippen LogP contribution < -0.4 is 10.6 Å². The van der Waals surface area contributed by atoms with Crippen molar-refractivity contribution in [1.82, 2.24) is 0 Å². The summed E-state index contributed by atoms with van der Waals surface area (Å²) in [6.45, 7) is 0.946. The third-order valence-electron chi connectivity index (χ3n) is 3.35. The monoisotopic (exact) mass is 283 g/mol. The summed E-state index contributed by atoms with van der Waals surface area (Å²) in [6.07, 6.45) is 1.93. The molecule has 3 rings (SSSR count). The van der Waals surface area contributed by atoms with Crippen LogP contribution in [0, 0.1) is 11.3 Å². The lowest BCUT2D eigenvalue weighted by molar-refractivity contribution is 0.102. The van der Waals surface area contributed by atoms with Gasteiger partial charge in [-0.15, -0.1) is 11.3 Å². The maximum Gasteiger partial charge on any atom is 0.256 e. The Morgan fingerprint density at radius 1 is 1.40 bits per heavy atom. The minimum Gasteiger partial charge on any atom is -0.385 e. The summed E-state index contributed by atoms with van der Waals surface area (Å²) < 4.78 is 0. The van der Waals surface area contributed by atoms with E-state index < -0.39 is 0 Å². The predicted octanol–water partition coefficient (Wildman–Crippen LogP) is 3.23. The molecule has 0 radical (unpaired) electrons. The molecule has 0 saturated carbocycles. The van der Waals surface area contributed by atoms with E-state index in [0.717, 1.165) is 30.6 Å². The lowest BCUT2D eigenvalue weighted by Crippen LogP contribution is -2.19. The number of fused-ring (bicyclic) bond motifs is 1. The van der Waals surface area contributed by atoms with Crippen molar-refractivity contribution in [3.63, 3.8) is 0 Å². The highest BCUT2D eigenvalue weighted by Gasteiger charge is 2.18. The summed E-state index contributed by atoms with van der Waals surface area (Å²) in [4.78, 5) is 12.4. The van der Waals surface area contributed by atoms with Gasteiger partial charge in [0.1, 0.15) is 11.1 Å². The molecule has 0 saturated heterocycles. The van der Waals surface area contributed by atoms with Crippen molar-refractivity contribution in [2.24, 2.45) is 0 Å². The highest BCUT2D eigenvalue weighted by atomic mass is 32.1. The Balaban J connectivity index is 1.90. The molecule has 0 atom stereocenters. The van der Waals surface area contributed by atoms with E-state index in [-0.39, 0.29) is 5.91 Å². The Hall–Kier alpha value is -2.32. The lowest BCUT2D eigenvalue weighted by atomic mass is 9.97. The molecule has 1 amide bonds. The van der Waals surface area contributed by atoms with Gasteiger partial charge in [0.2, 0.25) is 0 Å². The zero-order valence-corrected chi connectivity index (χ0v) is 11.6. The Morgan fingerprint density at radius 3 is 3.15 bits per heavy atom. The number of benzene rings is 1. The van der Waals surface area contributed by atoms with E-state index in [1.54, 1.807) is 11.4 Å². The Labute approximate surface area is 121 Å². The van der Waals surface area contributed by atoms with Crippen molar-refractivity contribution < 1.29 is 4.79 Å². The van der Waals surface area contributed by atoms with Crippen molar-refractivity contribution in [2.75, 3.05) is 17.2 Å². The van der Waals surface area contributed by atoms with Gasteiger partial charge in [-0.2, -0.15) is 5.26 Å². The van der Waals surface area contributed by atoms with Gasteiger partial charge >= 0.3 is 0 Å². The number of hydrogen-bond acceptors (Lipinski definition) is 4. The van der Waals surface area contributed by atoms with Crippen molar-refractivity contribution in [3.05, 3.63) is 46.3 Å². The van der Waals surface area contributed by atoms with E-state index in [1.165, 1.54) is 11.3 Å². The van der Waals surface area contributed by atoms with Crippen LogP contribution in [0.5, 0.6) is 0 Å². The highest BCUT2D eigenvalue weighted by Crippen LogP contribution is 2.27. The number of nitriles is 1. The topological polar surface area (TPSA) is 64.9 Å². The zero-order chi connectivity index (χ0) is 13.9.